The van der Waals surface area contributed by atoms with Crippen molar-refractivity contribution in [2.24, 2.45) is 59.2 Å². The Morgan fingerprint density at radius 3 is 0.541 bits per heavy atom. The number of pyridine rings is 3. The average Bonchev–Trinajstić information content (AvgIpc) is 1.52. The van der Waals surface area contributed by atoms with Crippen LogP contribution in [0, 0.1) is 246 Å². The van der Waals surface area contributed by atoms with Crippen LogP contribution in [0.4, 0.5) is 34.1 Å². The van der Waals surface area contributed by atoms with Crippen LogP contribution < -0.4 is 29.4 Å². The van der Waals surface area contributed by atoms with Crippen LogP contribution in [0.1, 0.15) is 185 Å². The minimum absolute atomic E-state index is 0.0140. The van der Waals surface area contributed by atoms with E-state index in [-0.39, 0.29) is 59.1 Å². The van der Waals surface area contributed by atoms with Crippen LogP contribution >= 0.6 is 0 Å². The van der Waals surface area contributed by atoms with Crippen LogP contribution in [0.25, 0.3) is 0 Å². The van der Waals surface area contributed by atoms with Crippen molar-refractivity contribution < 1.29 is 57.5 Å². The van der Waals surface area contributed by atoms with Crippen molar-refractivity contribution in [2.45, 2.75) is 200 Å². The highest BCUT2D eigenvalue weighted by molar-refractivity contribution is 6.36. The van der Waals surface area contributed by atoms with E-state index in [2.05, 4.69) is 35.7 Å². The van der Waals surface area contributed by atoms with Crippen molar-refractivity contribution in [3.63, 3.8) is 0 Å². The SMILES string of the molecule is Cc1c(C)c(C)c(N2C(=O)C3C(C2=O)C2C(=O)N(c4c(C)c(C)c(C)c(C)c4C)C(=O)C32)c(C)c1C.Cc1c(C)c(C)c(N2C(=O)C3CCC3C2=O)c(C)c1C.Cc1nc(C)c(C)c(N2C(=O)C3C(C2=O)C2C(=O)N(c4c(C)c(C)nc(C)c4C)C(=O)C32)c1C.Cc1nc(C)c(C)c(N2C(=O)c3ccccc3C2=O)c1C. The lowest BCUT2D eigenvalue weighted by molar-refractivity contribution is -0.146. The van der Waals surface area contributed by atoms with E-state index in [1.807, 2.05) is 166 Å². The van der Waals surface area contributed by atoms with E-state index in [0.717, 1.165) is 153 Å². The highest BCUT2D eigenvalue weighted by Gasteiger charge is 2.76. The molecule has 2 atom stereocenters. The fourth-order valence-electron chi connectivity index (χ4n) is 19.2. The molecule has 576 valence electrons. The zero-order valence-corrected chi connectivity index (χ0v) is 68.9. The molecule has 3 aliphatic carbocycles. The summed E-state index contributed by atoms with van der Waals surface area (Å²) >= 11 is 0. The summed E-state index contributed by atoms with van der Waals surface area (Å²) < 4.78 is 0. The van der Waals surface area contributed by atoms with Crippen molar-refractivity contribution >= 4 is 105 Å². The van der Waals surface area contributed by atoms with Gasteiger partial charge >= 0.3 is 0 Å². The molecule has 3 saturated carbocycles. The number of benzene rings is 4. The van der Waals surface area contributed by atoms with Gasteiger partial charge in [-0.25, -0.2) is 29.4 Å². The highest BCUT2D eigenvalue weighted by Crippen LogP contribution is 2.61. The first-order valence-corrected chi connectivity index (χ1v) is 38.3. The van der Waals surface area contributed by atoms with E-state index in [4.69, 9.17) is 0 Å². The number of nitrogens with zero attached hydrogens (tertiary/aromatic N) is 9. The summed E-state index contributed by atoms with van der Waals surface area (Å²) in [5, 5.41) is 0. The van der Waals surface area contributed by atoms with Crippen molar-refractivity contribution in [1.82, 2.24) is 15.0 Å². The number of hydrogen-bond acceptors (Lipinski definition) is 15. The standard InChI is InChI=1S/C30H34N2O4.C26H28N4O4.C17H16N2O2.C17H21NO2/c1-11-13(3)17(7)25(18(8)14(11)4)31-27(33)21-22(28(31)34)24-23(21)29(35)32(30(24)36)26-19(9)15(5)12(2)16(6)20(26)10;1-9-13(5)27-14(6)10(2)21(9)29-23(31)17-18(24(29)32)20-19(17)25(33)30(26(20)34)22-11(3)15(7)28-16(8)12(22)4;1-9-11(3)18-12(4)10(2)15(9)19-16(20)13-7-5-6-8-14(13)17(19)21;1-8-9(2)11(4)15(12(5)10(8)3)18-16(19)13-6-7-14(13)17(18)20/h21-24H,1-10H3;17-20H,1-8H3;5-8H,1-4H3;13-14H,6-7H2,1-5H3. The Kier molecular flexibility index (Phi) is 19.2. The molecule has 16 rings (SSSR count). The fraction of sp³-hybridized carbons (Fsp3) is 0.433. The first kappa shape index (κ1) is 78.3. The van der Waals surface area contributed by atoms with Crippen molar-refractivity contribution in [2.75, 3.05) is 29.4 Å². The summed E-state index contributed by atoms with van der Waals surface area (Å²) in [6.45, 7) is 52.3. The van der Waals surface area contributed by atoms with Gasteiger partial charge in [-0.15, -0.1) is 0 Å². The summed E-state index contributed by atoms with van der Waals surface area (Å²) in [7, 11) is 0. The van der Waals surface area contributed by atoms with Crippen LogP contribution in [0.5, 0.6) is 0 Å². The Labute approximate surface area is 649 Å². The molecule has 9 heterocycles. The van der Waals surface area contributed by atoms with Crippen LogP contribution in [0.3, 0.4) is 0 Å². The molecule has 0 spiro atoms. The van der Waals surface area contributed by atoms with Gasteiger partial charge in [-0.05, 0) is 329 Å². The number of rotatable bonds is 6. The Morgan fingerprint density at radius 1 is 0.207 bits per heavy atom. The van der Waals surface area contributed by atoms with E-state index in [9.17, 15) is 57.5 Å². The molecular formula is C90H99N9O12. The molecule has 7 aromatic rings. The maximum atomic E-state index is 13.7. The molecule has 0 bridgehead atoms. The second-order valence-corrected chi connectivity index (χ2v) is 32.6. The lowest BCUT2D eigenvalue weighted by Gasteiger charge is -2.36. The Bertz CT molecular complexity index is 5030. The summed E-state index contributed by atoms with van der Waals surface area (Å²) in [6, 6.07) is 6.94. The highest BCUT2D eigenvalue weighted by atomic mass is 16.2. The van der Waals surface area contributed by atoms with Gasteiger partial charge in [0.25, 0.3) is 11.8 Å². The summed E-state index contributed by atoms with van der Waals surface area (Å²) in [6.07, 6.45) is 1.74. The number of carbonyl (C=O) groups excluding carboxylic acids is 12. The number of anilines is 6. The Balaban J connectivity index is 0.000000134. The maximum Gasteiger partial charge on any atom is 0.266 e. The molecule has 12 amide bonds. The molecular weight excluding hydrogens is 1400 g/mol. The van der Waals surface area contributed by atoms with Gasteiger partial charge in [0.2, 0.25) is 59.1 Å². The molecule has 2 unspecified atom stereocenters. The zero-order valence-electron chi connectivity index (χ0n) is 68.9. The van der Waals surface area contributed by atoms with E-state index in [0.29, 0.717) is 39.6 Å². The van der Waals surface area contributed by atoms with Gasteiger partial charge in [-0.2, -0.15) is 0 Å². The summed E-state index contributed by atoms with van der Waals surface area (Å²) in [4.78, 5) is 181. The zero-order chi connectivity index (χ0) is 81.7. The molecule has 5 saturated heterocycles. The van der Waals surface area contributed by atoms with Gasteiger partial charge in [-0.3, -0.25) is 72.5 Å². The number of aromatic nitrogens is 3. The number of imide groups is 6. The van der Waals surface area contributed by atoms with E-state index in [1.54, 1.807) is 24.3 Å². The first-order valence-electron chi connectivity index (χ1n) is 38.3. The Hall–Kier alpha value is -10.8. The third-order valence-electron chi connectivity index (χ3n) is 27.9. The van der Waals surface area contributed by atoms with Crippen LogP contribution in [-0.2, 0) is 47.9 Å². The van der Waals surface area contributed by atoms with Gasteiger partial charge in [0.05, 0.1) is 104 Å². The van der Waals surface area contributed by atoms with Crippen LogP contribution in [0.15, 0.2) is 24.3 Å². The van der Waals surface area contributed by atoms with Gasteiger partial charge in [0, 0.05) is 34.2 Å². The maximum absolute atomic E-state index is 13.7. The normalized spacial score (nSPS) is 23.1. The molecule has 0 radical (unpaired) electrons. The predicted octanol–water partition coefficient (Wildman–Crippen LogP) is 13.8. The third-order valence-corrected chi connectivity index (χ3v) is 27.9. The van der Waals surface area contributed by atoms with Crippen molar-refractivity contribution in [1.29, 1.82) is 0 Å². The third kappa shape index (κ3) is 10.9. The monoisotopic (exact) mass is 1500 g/mol. The second-order valence-electron chi connectivity index (χ2n) is 32.6. The minimum atomic E-state index is -0.809. The molecule has 6 aliphatic heterocycles. The van der Waals surface area contributed by atoms with Gasteiger partial charge in [0.15, 0.2) is 0 Å². The molecule has 21 heteroatoms. The average molecular weight is 1500 g/mol. The van der Waals surface area contributed by atoms with Crippen LogP contribution in [0.2, 0.25) is 0 Å². The number of aryl methyl sites for hydroxylation is 6. The molecule has 21 nitrogen and oxygen atoms in total. The van der Waals surface area contributed by atoms with E-state index >= 15 is 0 Å². The lowest BCUT2D eigenvalue weighted by Crippen LogP contribution is -2.50. The van der Waals surface area contributed by atoms with Crippen molar-refractivity contribution in [3.05, 3.63) is 186 Å². The number of fused-ring (bicyclic) bond motifs is 10. The number of amides is 12. The summed E-state index contributed by atoms with van der Waals surface area (Å²) in [5.41, 5.74) is 29.9. The Morgan fingerprint density at radius 2 is 0.360 bits per heavy atom. The molecule has 3 aromatic heterocycles. The summed E-state index contributed by atoms with van der Waals surface area (Å²) in [5.74, 6) is -9.95. The molecule has 111 heavy (non-hydrogen) atoms. The van der Waals surface area contributed by atoms with Crippen molar-refractivity contribution in [3.8, 4) is 0 Å². The molecule has 4 aromatic carbocycles. The smallest absolute Gasteiger partial charge is 0.266 e. The lowest BCUT2D eigenvalue weighted by atomic mass is 9.59. The largest absolute Gasteiger partial charge is 0.274 e. The van der Waals surface area contributed by atoms with Gasteiger partial charge in [0.1, 0.15) is 0 Å². The molecule has 9 aliphatic rings. The van der Waals surface area contributed by atoms with Gasteiger partial charge in [-0.1, -0.05) is 12.1 Å². The number of hydrogen-bond donors (Lipinski definition) is 0. The number of carbonyl (C=O) groups is 12. The fourth-order valence-corrected chi connectivity index (χ4v) is 19.2. The molecule has 0 N–H and O–H groups in total. The second kappa shape index (κ2) is 27.3. The van der Waals surface area contributed by atoms with E-state index in [1.165, 1.54) is 46.1 Å². The topological polar surface area (TPSA) is 263 Å². The van der Waals surface area contributed by atoms with E-state index < -0.39 is 71.0 Å². The van der Waals surface area contributed by atoms with Crippen LogP contribution in [-0.4, -0.2) is 85.8 Å². The molecule has 8 fully saturated rings. The minimum Gasteiger partial charge on any atom is -0.274 e. The predicted molar refractivity (Wildman–Crippen MR) is 424 cm³/mol. The van der Waals surface area contributed by atoms with Gasteiger partial charge < -0.3 is 0 Å². The quantitative estimate of drug-likeness (QED) is 0.140. The first-order chi connectivity index (χ1) is 51.9.